The van der Waals surface area contributed by atoms with Crippen molar-refractivity contribution >= 4 is 63.8 Å². The predicted octanol–water partition coefficient (Wildman–Crippen LogP) is 0.824. The second-order valence-corrected chi connectivity index (χ2v) is 11.7. The topological polar surface area (TPSA) is 140 Å². The van der Waals surface area contributed by atoms with Crippen LogP contribution in [0.3, 0.4) is 0 Å². The number of nitrogens with zero attached hydrogens (tertiary/aromatic N) is 4. The van der Waals surface area contributed by atoms with E-state index >= 15 is 0 Å². The third kappa shape index (κ3) is 4.41. The number of β-lactam (4-membered cyclic amide) rings is 1. The molecule has 1 saturated heterocycles. The third-order valence-electron chi connectivity index (χ3n) is 4.86. The summed E-state index contributed by atoms with van der Waals surface area (Å²) in [6.45, 7) is 1.82. The lowest BCUT2D eigenvalue weighted by Crippen LogP contribution is -2.70. The molecule has 10 nitrogen and oxygen atoms in total. The number of rotatable bonds is 8. The molecule has 0 aromatic carbocycles. The number of carbonyl (C=O) groups excluding carboxylic acids is 2. The Bertz CT molecular complexity index is 1070. The summed E-state index contributed by atoms with van der Waals surface area (Å²) in [4.78, 5) is 38.3. The van der Waals surface area contributed by atoms with Gasteiger partial charge in [0.1, 0.15) is 22.1 Å². The van der Waals surface area contributed by atoms with Gasteiger partial charge in [0.05, 0.1) is 5.69 Å². The van der Waals surface area contributed by atoms with Crippen LogP contribution in [0.25, 0.3) is 0 Å². The number of aliphatic carboxylic acids is 1. The van der Waals surface area contributed by atoms with Crippen LogP contribution in [0.4, 0.5) is 0 Å². The molecule has 2 aromatic heterocycles. The van der Waals surface area contributed by atoms with Crippen LogP contribution in [0, 0.1) is 6.92 Å². The van der Waals surface area contributed by atoms with Gasteiger partial charge in [-0.25, -0.2) is 9.48 Å². The maximum atomic E-state index is 12.7. The lowest BCUT2D eigenvalue weighted by atomic mass is 10.0. The number of nitrogens with one attached hydrogen (secondary N) is 1. The average molecular weight is 514 g/mol. The minimum Gasteiger partial charge on any atom is -0.610 e. The number of hydrogen-bond donors (Lipinski definition) is 2. The van der Waals surface area contributed by atoms with E-state index in [2.05, 4.69) is 15.6 Å². The van der Waals surface area contributed by atoms with Crippen molar-refractivity contribution < 1.29 is 24.0 Å². The maximum Gasteiger partial charge on any atom is 0.352 e. The van der Waals surface area contributed by atoms with Gasteiger partial charge in [-0.15, -0.1) is 28.6 Å². The zero-order chi connectivity index (χ0) is 23.0. The molecule has 2 amide bonds. The average Bonchev–Trinajstić information content (AvgIpc) is 3.40. The fraction of sp³-hybridized carbons (Fsp3) is 0.389. The smallest absolute Gasteiger partial charge is 0.352 e. The van der Waals surface area contributed by atoms with Crippen LogP contribution in [0.2, 0.25) is 0 Å². The van der Waals surface area contributed by atoms with Gasteiger partial charge in [0.25, 0.3) is 11.8 Å². The highest BCUT2D eigenvalue weighted by Gasteiger charge is 2.54. The molecule has 0 saturated carbocycles. The quantitative estimate of drug-likeness (QED) is 0.298. The SMILES string of the molecule is Cc1nnn(C)c1SCC1=C(C(=O)O)N2C(=O)C(NC(=O)C[S+]([O-])c3cccs3)[C@@H]2SC1. The van der Waals surface area contributed by atoms with Gasteiger partial charge in [0.2, 0.25) is 4.21 Å². The Balaban J connectivity index is 1.42. The molecule has 2 aromatic rings. The molecule has 0 bridgehead atoms. The van der Waals surface area contributed by atoms with Crippen LogP contribution >= 0.6 is 34.9 Å². The molecule has 2 unspecified atom stereocenters. The summed E-state index contributed by atoms with van der Waals surface area (Å²) < 4.78 is 14.4. The lowest BCUT2D eigenvalue weighted by molar-refractivity contribution is -0.150. The molecule has 2 aliphatic rings. The van der Waals surface area contributed by atoms with E-state index in [0.29, 0.717) is 21.3 Å². The van der Waals surface area contributed by atoms with Crippen molar-refractivity contribution in [2.24, 2.45) is 7.05 Å². The highest BCUT2D eigenvalue weighted by molar-refractivity contribution is 8.01. The fourth-order valence-corrected chi connectivity index (χ4v) is 7.81. The third-order valence-corrected chi connectivity index (χ3v) is 10.1. The molecular formula is C18H19N5O5S4. The van der Waals surface area contributed by atoms with Gasteiger partial charge >= 0.3 is 5.97 Å². The molecule has 4 rings (SSSR count). The molecule has 2 N–H and O–H groups in total. The first-order valence-electron chi connectivity index (χ1n) is 9.38. The van der Waals surface area contributed by atoms with E-state index in [-0.39, 0.29) is 11.4 Å². The standard InChI is InChI=1S/C18H19N5O5S4/c1-9-16(22(2)21-20-9)30-6-10-7-31-17-13(15(25)23(17)14(10)18(26)27)19-11(24)8-32(28)12-4-3-5-29-12/h3-5,13,17H,6-8H2,1-2H3,(H,19,24)(H,26,27)/t13?,17-,32?/m0/s1. The Morgan fingerprint density at radius 3 is 2.88 bits per heavy atom. The molecule has 32 heavy (non-hydrogen) atoms. The number of carbonyl (C=O) groups is 3. The van der Waals surface area contributed by atoms with E-state index in [1.54, 1.807) is 29.2 Å². The molecule has 0 spiro atoms. The van der Waals surface area contributed by atoms with Gasteiger partial charge in [-0.05, 0) is 23.9 Å². The molecule has 4 heterocycles. The summed E-state index contributed by atoms with van der Waals surface area (Å²) >= 11 is 2.63. The second-order valence-electron chi connectivity index (χ2n) is 7.03. The van der Waals surface area contributed by atoms with Crippen molar-refractivity contribution in [3.8, 4) is 0 Å². The predicted molar refractivity (Wildman–Crippen MR) is 122 cm³/mol. The van der Waals surface area contributed by atoms with Crippen LogP contribution in [-0.4, -0.2) is 76.0 Å². The van der Waals surface area contributed by atoms with Crippen molar-refractivity contribution in [2.75, 3.05) is 17.3 Å². The Kier molecular flexibility index (Phi) is 6.86. The molecule has 14 heteroatoms. The van der Waals surface area contributed by atoms with Crippen molar-refractivity contribution in [3.63, 3.8) is 0 Å². The summed E-state index contributed by atoms with van der Waals surface area (Å²) in [5, 5.41) is 22.4. The fourth-order valence-electron chi connectivity index (χ4n) is 3.40. The molecule has 0 radical (unpaired) electrons. The summed E-state index contributed by atoms with van der Waals surface area (Å²) in [6.07, 6.45) is 0. The van der Waals surface area contributed by atoms with Gasteiger partial charge in [-0.1, -0.05) is 16.6 Å². The van der Waals surface area contributed by atoms with Gasteiger partial charge < -0.3 is 15.0 Å². The van der Waals surface area contributed by atoms with Crippen LogP contribution in [-0.2, 0) is 32.6 Å². The van der Waals surface area contributed by atoms with Crippen molar-refractivity contribution in [1.29, 1.82) is 0 Å². The number of carboxylic acids is 1. The van der Waals surface area contributed by atoms with E-state index < -0.39 is 40.4 Å². The summed E-state index contributed by atoms with van der Waals surface area (Å²) in [5.74, 6) is -1.61. The zero-order valence-corrected chi connectivity index (χ0v) is 20.3. The minimum absolute atomic E-state index is 0.0355. The number of thioether (sulfide) groups is 2. The van der Waals surface area contributed by atoms with E-state index in [0.717, 1.165) is 10.7 Å². The van der Waals surface area contributed by atoms with E-state index in [1.165, 1.54) is 39.8 Å². The number of thiophene rings is 1. The molecule has 0 aliphatic carbocycles. The first-order chi connectivity index (χ1) is 15.3. The Morgan fingerprint density at radius 1 is 1.47 bits per heavy atom. The monoisotopic (exact) mass is 513 g/mol. The first kappa shape index (κ1) is 23.2. The van der Waals surface area contributed by atoms with Crippen molar-refractivity contribution in [3.05, 3.63) is 34.5 Å². The summed E-state index contributed by atoms with van der Waals surface area (Å²) in [7, 11) is 1.76. The van der Waals surface area contributed by atoms with Gasteiger partial charge in [-0.3, -0.25) is 14.5 Å². The number of hydrogen-bond acceptors (Lipinski definition) is 9. The Morgan fingerprint density at radius 2 is 2.25 bits per heavy atom. The molecule has 3 atom stereocenters. The van der Waals surface area contributed by atoms with Crippen LogP contribution < -0.4 is 5.32 Å². The van der Waals surface area contributed by atoms with Gasteiger partial charge in [0.15, 0.2) is 5.75 Å². The minimum atomic E-state index is -1.48. The normalized spacial score (nSPS) is 21.2. The largest absolute Gasteiger partial charge is 0.610 e. The highest BCUT2D eigenvalue weighted by atomic mass is 32.2. The summed E-state index contributed by atoms with van der Waals surface area (Å²) in [6, 6.07) is 2.61. The van der Waals surface area contributed by atoms with Crippen LogP contribution in [0.1, 0.15) is 5.69 Å². The van der Waals surface area contributed by atoms with Crippen molar-refractivity contribution in [2.45, 2.75) is 27.6 Å². The van der Waals surface area contributed by atoms with E-state index in [4.69, 9.17) is 0 Å². The van der Waals surface area contributed by atoms with Crippen LogP contribution in [0.5, 0.6) is 0 Å². The van der Waals surface area contributed by atoms with E-state index in [1.807, 2.05) is 6.92 Å². The molecule has 2 aliphatic heterocycles. The highest BCUT2D eigenvalue weighted by Crippen LogP contribution is 2.41. The Labute approximate surface area is 199 Å². The van der Waals surface area contributed by atoms with Crippen LogP contribution in [0.15, 0.2) is 38.0 Å². The first-order valence-corrected chi connectivity index (χ1v) is 13.6. The molecular weight excluding hydrogens is 494 g/mol. The number of amides is 2. The second kappa shape index (κ2) is 9.47. The number of carboxylic acid groups (broad SMARTS) is 1. The Hall–Kier alpha value is -2.00. The van der Waals surface area contributed by atoms with Gasteiger partial charge in [0, 0.05) is 35.8 Å². The zero-order valence-electron chi connectivity index (χ0n) is 17.0. The molecule has 1 fully saturated rings. The number of aryl methyl sites for hydroxylation is 2. The maximum absolute atomic E-state index is 12.7. The number of aromatic nitrogens is 3. The van der Waals surface area contributed by atoms with Gasteiger partial charge in [-0.2, -0.15) is 0 Å². The molecule has 170 valence electrons. The number of fused-ring (bicyclic) bond motifs is 1. The summed E-state index contributed by atoms with van der Waals surface area (Å²) in [5.41, 5.74) is 1.34. The van der Waals surface area contributed by atoms with E-state index in [9.17, 15) is 24.0 Å². The van der Waals surface area contributed by atoms with Crippen molar-refractivity contribution in [1.82, 2.24) is 25.2 Å². The lowest BCUT2D eigenvalue weighted by Gasteiger charge is -2.49.